The lowest BCUT2D eigenvalue weighted by molar-refractivity contribution is -0.148. The van der Waals surface area contributed by atoms with Gasteiger partial charge in [-0.05, 0) is 20.3 Å². The Hall–Kier alpha value is -1.30. The van der Waals surface area contributed by atoms with E-state index in [1.807, 2.05) is 0 Å². The number of carbonyl (C=O) groups excluding carboxylic acids is 2. The average molecular weight is 262 g/mol. The minimum atomic E-state index is -0.549. The molecule has 1 fully saturated rings. The van der Waals surface area contributed by atoms with Crippen molar-refractivity contribution in [3.8, 4) is 0 Å². The van der Waals surface area contributed by atoms with Gasteiger partial charge in [-0.2, -0.15) is 0 Å². The standard InChI is InChI=1S/C8H16O3.C4H6O3/c1-3-5-6-10-7-8(9)11-4-2;1-3-2-6-4(5)7-3/h3-7H2,1-2H3;3H,2H2,1H3. The highest BCUT2D eigenvalue weighted by Crippen LogP contribution is 2.02. The smallest absolute Gasteiger partial charge is 0.464 e. The molecule has 6 nitrogen and oxygen atoms in total. The van der Waals surface area contributed by atoms with E-state index in [1.165, 1.54) is 0 Å². The third-order valence-corrected chi connectivity index (χ3v) is 1.90. The van der Waals surface area contributed by atoms with E-state index >= 15 is 0 Å². The Bertz CT molecular complexity index is 241. The fraction of sp³-hybridized carbons (Fsp3) is 0.833. The average Bonchev–Trinajstić information content (AvgIpc) is 2.70. The molecule has 1 aliphatic heterocycles. The number of ether oxygens (including phenoxy) is 4. The van der Waals surface area contributed by atoms with Crippen molar-refractivity contribution in [2.75, 3.05) is 26.4 Å². The summed E-state index contributed by atoms with van der Waals surface area (Å²) in [5.74, 6) is -0.274. The number of carbonyl (C=O) groups is 2. The normalized spacial score (nSPS) is 17.3. The number of hydrogen-bond donors (Lipinski definition) is 0. The highest BCUT2D eigenvalue weighted by Gasteiger charge is 2.19. The van der Waals surface area contributed by atoms with Gasteiger partial charge in [0.15, 0.2) is 0 Å². The van der Waals surface area contributed by atoms with Gasteiger partial charge in [-0.15, -0.1) is 0 Å². The van der Waals surface area contributed by atoms with E-state index in [0.29, 0.717) is 19.8 Å². The highest BCUT2D eigenvalue weighted by atomic mass is 16.8. The Morgan fingerprint density at radius 1 is 1.44 bits per heavy atom. The summed E-state index contributed by atoms with van der Waals surface area (Å²) in [6.45, 7) is 7.21. The van der Waals surface area contributed by atoms with Crippen LogP contribution in [0.25, 0.3) is 0 Å². The van der Waals surface area contributed by atoms with Crippen LogP contribution in [0.3, 0.4) is 0 Å². The summed E-state index contributed by atoms with van der Waals surface area (Å²) in [5.41, 5.74) is 0. The lowest BCUT2D eigenvalue weighted by Crippen LogP contribution is -2.12. The van der Waals surface area contributed by atoms with Crippen molar-refractivity contribution in [1.82, 2.24) is 0 Å². The zero-order valence-electron chi connectivity index (χ0n) is 11.3. The molecular formula is C12H22O6. The van der Waals surface area contributed by atoms with Gasteiger partial charge in [0.1, 0.15) is 19.3 Å². The molecule has 1 unspecified atom stereocenters. The minimum absolute atomic E-state index is 0.0486. The second kappa shape index (κ2) is 10.8. The zero-order valence-corrected chi connectivity index (χ0v) is 11.3. The van der Waals surface area contributed by atoms with Crippen LogP contribution in [0, 0.1) is 0 Å². The van der Waals surface area contributed by atoms with Crippen molar-refractivity contribution < 1.29 is 28.5 Å². The first-order valence-corrected chi connectivity index (χ1v) is 6.16. The molecule has 0 amide bonds. The maximum Gasteiger partial charge on any atom is 0.508 e. The van der Waals surface area contributed by atoms with E-state index in [0.717, 1.165) is 12.8 Å². The predicted octanol–water partition coefficient (Wildman–Crippen LogP) is 1.91. The van der Waals surface area contributed by atoms with Crippen LogP contribution in [0.15, 0.2) is 0 Å². The van der Waals surface area contributed by atoms with Gasteiger partial charge in [0, 0.05) is 6.61 Å². The Labute approximate surface area is 108 Å². The summed E-state index contributed by atoms with van der Waals surface area (Å²) in [5, 5.41) is 0. The van der Waals surface area contributed by atoms with Crippen molar-refractivity contribution in [3.05, 3.63) is 0 Å². The third kappa shape index (κ3) is 9.89. The summed E-state index contributed by atoms with van der Waals surface area (Å²) in [4.78, 5) is 20.7. The topological polar surface area (TPSA) is 71.1 Å². The highest BCUT2D eigenvalue weighted by molar-refractivity contribution is 5.70. The molecule has 1 rings (SSSR count). The number of cyclic esters (lactones) is 2. The number of rotatable bonds is 6. The lowest BCUT2D eigenvalue weighted by Gasteiger charge is -2.02. The first-order valence-electron chi connectivity index (χ1n) is 6.16. The molecule has 0 aromatic carbocycles. The molecule has 0 aromatic rings. The molecule has 6 heteroatoms. The van der Waals surface area contributed by atoms with Crippen LogP contribution in [0.5, 0.6) is 0 Å². The molecule has 0 bridgehead atoms. The van der Waals surface area contributed by atoms with E-state index < -0.39 is 6.16 Å². The molecule has 0 aliphatic carbocycles. The fourth-order valence-electron chi connectivity index (χ4n) is 1.02. The van der Waals surface area contributed by atoms with Crippen LogP contribution in [0.4, 0.5) is 4.79 Å². The van der Waals surface area contributed by atoms with Crippen LogP contribution < -0.4 is 0 Å². The first kappa shape index (κ1) is 16.7. The number of hydrogen-bond acceptors (Lipinski definition) is 6. The molecule has 18 heavy (non-hydrogen) atoms. The molecule has 1 saturated heterocycles. The van der Waals surface area contributed by atoms with E-state index in [2.05, 4.69) is 21.1 Å². The van der Waals surface area contributed by atoms with Crippen LogP contribution >= 0.6 is 0 Å². The molecule has 0 spiro atoms. The zero-order chi connectivity index (χ0) is 13.8. The fourth-order valence-corrected chi connectivity index (χ4v) is 1.02. The van der Waals surface area contributed by atoms with E-state index in [4.69, 9.17) is 4.74 Å². The Kier molecular flexibility index (Phi) is 10.0. The molecule has 106 valence electrons. The van der Waals surface area contributed by atoms with Crippen molar-refractivity contribution in [1.29, 1.82) is 0 Å². The molecule has 1 atom stereocenters. The van der Waals surface area contributed by atoms with Gasteiger partial charge in [0.2, 0.25) is 0 Å². The van der Waals surface area contributed by atoms with Crippen LogP contribution in [-0.4, -0.2) is 44.7 Å². The summed E-state index contributed by atoms with van der Waals surface area (Å²) < 4.78 is 18.6. The minimum Gasteiger partial charge on any atom is -0.464 e. The second-order valence-electron chi connectivity index (χ2n) is 3.70. The maximum atomic E-state index is 10.7. The predicted molar refractivity (Wildman–Crippen MR) is 64.3 cm³/mol. The molecule has 0 radical (unpaired) electrons. The van der Waals surface area contributed by atoms with Crippen LogP contribution in [0.2, 0.25) is 0 Å². The van der Waals surface area contributed by atoms with Crippen LogP contribution in [-0.2, 0) is 23.7 Å². The molecule has 0 saturated carbocycles. The summed E-state index contributed by atoms with van der Waals surface area (Å²) in [6, 6.07) is 0. The summed E-state index contributed by atoms with van der Waals surface area (Å²) in [6.07, 6.45) is 1.49. The van der Waals surface area contributed by atoms with E-state index in [9.17, 15) is 9.59 Å². The van der Waals surface area contributed by atoms with Crippen molar-refractivity contribution >= 4 is 12.1 Å². The van der Waals surface area contributed by atoms with Crippen molar-refractivity contribution in [3.63, 3.8) is 0 Å². The molecule has 0 N–H and O–H groups in total. The van der Waals surface area contributed by atoms with Gasteiger partial charge in [-0.1, -0.05) is 13.3 Å². The van der Waals surface area contributed by atoms with E-state index in [-0.39, 0.29) is 18.7 Å². The summed E-state index contributed by atoms with van der Waals surface area (Å²) >= 11 is 0. The number of unbranched alkanes of at least 4 members (excludes halogenated alkanes) is 1. The summed E-state index contributed by atoms with van der Waals surface area (Å²) in [7, 11) is 0. The van der Waals surface area contributed by atoms with Crippen molar-refractivity contribution in [2.45, 2.75) is 39.7 Å². The van der Waals surface area contributed by atoms with Gasteiger partial charge >= 0.3 is 12.1 Å². The van der Waals surface area contributed by atoms with Crippen LogP contribution in [0.1, 0.15) is 33.6 Å². The van der Waals surface area contributed by atoms with Gasteiger partial charge in [-0.25, -0.2) is 9.59 Å². The Morgan fingerprint density at radius 3 is 2.56 bits per heavy atom. The van der Waals surface area contributed by atoms with Gasteiger partial charge in [0.05, 0.1) is 6.61 Å². The quantitative estimate of drug-likeness (QED) is 0.538. The second-order valence-corrected chi connectivity index (χ2v) is 3.70. The van der Waals surface area contributed by atoms with Crippen molar-refractivity contribution in [2.24, 2.45) is 0 Å². The first-order chi connectivity index (χ1) is 8.60. The van der Waals surface area contributed by atoms with Gasteiger partial charge in [-0.3, -0.25) is 0 Å². The molecule has 1 aliphatic rings. The number of esters is 1. The Morgan fingerprint density at radius 2 is 2.17 bits per heavy atom. The van der Waals surface area contributed by atoms with Gasteiger partial charge < -0.3 is 18.9 Å². The monoisotopic (exact) mass is 262 g/mol. The molecule has 1 heterocycles. The van der Waals surface area contributed by atoms with E-state index in [1.54, 1.807) is 13.8 Å². The molecule has 0 aromatic heterocycles. The largest absolute Gasteiger partial charge is 0.508 e. The third-order valence-electron chi connectivity index (χ3n) is 1.90. The van der Waals surface area contributed by atoms with Gasteiger partial charge in [0.25, 0.3) is 0 Å². The lowest BCUT2D eigenvalue weighted by atomic mass is 10.4. The SMILES string of the molecule is CC1COC(=O)O1.CCCCOCC(=O)OCC. The molecular weight excluding hydrogens is 240 g/mol. The Balaban J connectivity index is 0.000000351. The maximum absolute atomic E-state index is 10.7.